The normalized spacial score (nSPS) is 27.4. The zero-order valence-electron chi connectivity index (χ0n) is 15.7. The van der Waals surface area contributed by atoms with Crippen LogP contribution in [0.5, 0.6) is 0 Å². The van der Waals surface area contributed by atoms with Crippen LogP contribution in [-0.4, -0.2) is 126 Å². The van der Waals surface area contributed by atoms with Crippen LogP contribution in [0.4, 0.5) is 0 Å². The lowest BCUT2D eigenvalue weighted by atomic mass is 10.4. The summed E-state index contributed by atoms with van der Waals surface area (Å²) in [6, 6.07) is 0. The lowest BCUT2D eigenvalue weighted by Crippen LogP contribution is -2.36. The van der Waals surface area contributed by atoms with Gasteiger partial charge in [0.1, 0.15) is 0 Å². The fraction of sp³-hybridized carbons (Fsp3) is 0.722. The van der Waals surface area contributed by atoms with Crippen LogP contribution in [0.15, 0.2) is 25.0 Å². The first-order valence-electron chi connectivity index (χ1n) is 9.55. The lowest BCUT2D eigenvalue weighted by molar-refractivity contribution is 0.290. The largest absolute Gasteiger partial charge is 0.310 e. The van der Waals surface area contributed by atoms with Crippen molar-refractivity contribution in [1.29, 1.82) is 0 Å². The van der Waals surface area contributed by atoms with Crippen molar-refractivity contribution in [1.82, 2.24) is 15.1 Å². The molecule has 3 aliphatic heterocycles. The van der Waals surface area contributed by atoms with Crippen LogP contribution in [0.3, 0.4) is 0 Å². The molecule has 1 N–H and O–H groups in total. The molecule has 0 radical (unpaired) electrons. The van der Waals surface area contributed by atoms with Gasteiger partial charge in [-0.2, -0.15) is 0 Å². The van der Waals surface area contributed by atoms with Gasteiger partial charge < -0.3 is 5.32 Å². The molecule has 2 bridgehead atoms. The molecule has 8 heteroatoms. The molecule has 0 saturated carbocycles. The highest BCUT2D eigenvalue weighted by Gasteiger charge is 2.04. The highest BCUT2D eigenvalue weighted by atomic mass is 15.2. The Bertz CT molecular complexity index is 465. The highest BCUT2D eigenvalue weighted by Crippen LogP contribution is 1.91. The predicted octanol–water partition coefficient (Wildman–Crippen LogP) is -0.439. The number of rotatable bonds is 0. The number of hydrogen-bond donors (Lipinski definition) is 1. The minimum Gasteiger partial charge on any atom is -0.310 e. The summed E-state index contributed by atoms with van der Waals surface area (Å²) in [5.41, 5.74) is 0. The molecular formula is C18H32N8. The van der Waals surface area contributed by atoms with Crippen LogP contribution in [-0.2, 0) is 0 Å². The van der Waals surface area contributed by atoms with E-state index < -0.39 is 0 Å². The van der Waals surface area contributed by atoms with Crippen molar-refractivity contribution in [2.45, 2.75) is 0 Å². The minimum atomic E-state index is 0.772. The van der Waals surface area contributed by atoms with Crippen LogP contribution in [0.2, 0.25) is 0 Å². The fourth-order valence-electron chi connectivity index (χ4n) is 2.71. The van der Waals surface area contributed by atoms with Gasteiger partial charge in [-0.15, -0.1) is 0 Å². The van der Waals surface area contributed by atoms with E-state index in [-0.39, 0.29) is 0 Å². The monoisotopic (exact) mass is 360 g/mol. The first kappa shape index (κ1) is 20.5. The van der Waals surface area contributed by atoms with E-state index >= 15 is 0 Å². The number of aliphatic imine (C=N–C) groups is 5. The van der Waals surface area contributed by atoms with Gasteiger partial charge in [0.2, 0.25) is 0 Å². The maximum Gasteiger partial charge on any atom is 0.0517 e. The average Bonchev–Trinajstić information content (AvgIpc) is 2.65. The molecule has 26 heavy (non-hydrogen) atoms. The molecule has 0 aromatic heterocycles. The summed E-state index contributed by atoms with van der Waals surface area (Å²) in [4.78, 5) is 27.0. The van der Waals surface area contributed by atoms with Crippen LogP contribution in [0, 0.1) is 0 Å². The number of fused-ring (bicyclic) bond motifs is 16. The minimum absolute atomic E-state index is 0.772. The third-order valence-electron chi connectivity index (χ3n) is 4.25. The van der Waals surface area contributed by atoms with Crippen molar-refractivity contribution in [2.75, 3.05) is 85.1 Å². The van der Waals surface area contributed by atoms with E-state index in [1.165, 1.54) is 0 Å². The van der Waals surface area contributed by atoms with Crippen LogP contribution in [0.1, 0.15) is 0 Å². The second-order valence-corrected chi connectivity index (χ2v) is 6.20. The van der Waals surface area contributed by atoms with Gasteiger partial charge in [-0.3, -0.25) is 34.8 Å². The van der Waals surface area contributed by atoms with Crippen molar-refractivity contribution in [2.24, 2.45) is 25.0 Å². The van der Waals surface area contributed by atoms with Gasteiger partial charge in [-0.25, -0.2) is 0 Å². The Kier molecular flexibility index (Phi) is 11.4. The van der Waals surface area contributed by atoms with E-state index in [1.54, 1.807) is 0 Å². The van der Waals surface area contributed by atoms with Crippen LogP contribution < -0.4 is 5.32 Å². The quantitative estimate of drug-likeness (QED) is 0.636. The molecule has 0 amide bonds. The summed E-state index contributed by atoms with van der Waals surface area (Å²) in [7, 11) is 0. The molecule has 0 fully saturated rings. The van der Waals surface area contributed by atoms with Gasteiger partial charge in [0.05, 0.1) is 32.7 Å². The predicted molar refractivity (Wildman–Crippen MR) is 113 cm³/mol. The van der Waals surface area contributed by atoms with Gasteiger partial charge in [0.25, 0.3) is 0 Å². The van der Waals surface area contributed by atoms with Crippen molar-refractivity contribution in [3.05, 3.63) is 0 Å². The van der Waals surface area contributed by atoms with Crippen molar-refractivity contribution in [3.8, 4) is 0 Å². The van der Waals surface area contributed by atoms with Gasteiger partial charge in [-0.1, -0.05) is 0 Å². The molecule has 0 atom stereocenters. The smallest absolute Gasteiger partial charge is 0.0517 e. The van der Waals surface area contributed by atoms with Gasteiger partial charge in [0, 0.05) is 83.4 Å². The van der Waals surface area contributed by atoms with Crippen molar-refractivity contribution < 1.29 is 0 Å². The molecule has 0 saturated heterocycles. The van der Waals surface area contributed by atoms with E-state index in [9.17, 15) is 0 Å². The Hall–Kier alpha value is -1.77. The Balaban J connectivity index is 2.05. The zero-order chi connectivity index (χ0) is 18.1. The maximum absolute atomic E-state index is 4.52. The van der Waals surface area contributed by atoms with Gasteiger partial charge >= 0.3 is 0 Å². The first-order valence-corrected chi connectivity index (χ1v) is 9.55. The van der Waals surface area contributed by atoms with Gasteiger partial charge in [0.15, 0.2) is 0 Å². The Morgan fingerprint density at radius 2 is 0.962 bits per heavy atom. The summed E-state index contributed by atoms with van der Waals surface area (Å²) < 4.78 is 0. The highest BCUT2D eigenvalue weighted by molar-refractivity contribution is 6.16. The Morgan fingerprint density at radius 1 is 0.538 bits per heavy atom. The molecule has 3 aliphatic rings. The average molecular weight is 361 g/mol. The second kappa shape index (κ2) is 14.4. The van der Waals surface area contributed by atoms with Crippen LogP contribution >= 0.6 is 0 Å². The van der Waals surface area contributed by atoms with Crippen molar-refractivity contribution >= 4 is 31.1 Å². The van der Waals surface area contributed by atoms with E-state index in [2.05, 4.69) is 40.1 Å². The molecule has 8 nitrogen and oxygen atoms in total. The molecule has 3 rings (SSSR count). The summed E-state index contributed by atoms with van der Waals surface area (Å²) in [6.07, 6.45) is 9.26. The van der Waals surface area contributed by atoms with E-state index in [0.29, 0.717) is 0 Å². The summed E-state index contributed by atoms with van der Waals surface area (Å²) in [5, 5.41) is 3.43. The first-order chi connectivity index (χ1) is 12.9. The van der Waals surface area contributed by atoms with Gasteiger partial charge in [-0.05, 0) is 0 Å². The van der Waals surface area contributed by atoms with E-state index in [1.807, 2.05) is 31.1 Å². The summed E-state index contributed by atoms with van der Waals surface area (Å²) in [6.45, 7) is 11.3. The Labute approximate surface area is 156 Å². The lowest BCUT2D eigenvalue weighted by Gasteiger charge is -2.21. The Morgan fingerprint density at radius 3 is 1.46 bits per heavy atom. The molecule has 144 valence electrons. The zero-order valence-corrected chi connectivity index (χ0v) is 15.7. The molecule has 0 aromatic rings. The summed E-state index contributed by atoms with van der Waals surface area (Å²) in [5.74, 6) is 0. The number of nitrogens with zero attached hydrogens (tertiary/aromatic N) is 7. The van der Waals surface area contributed by atoms with E-state index in [4.69, 9.17) is 0 Å². The standard InChI is InChI=1S/C18H32N8/c1-2-20-8-14-26-17-11-23-5-3-21-9-15-25(13-7-19-1)16-10-22-4-6-24-12-18-26/h1-5,24H,6-18H2. The third-order valence-corrected chi connectivity index (χ3v) is 4.25. The second-order valence-electron chi connectivity index (χ2n) is 6.20. The fourth-order valence-corrected chi connectivity index (χ4v) is 2.71. The van der Waals surface area contributed by atoms with E-state index in [0.717, 1.165) is 85.1 Å². The molecule has 3 heterocycles. The maximum atomic E-state index is 4.52. The third kappa shape index (κ3) is 10.3. The molecule has 0 spiro atoms. The van der Waals surface area contributed by atoms with Crippen LogP contribution in [0.25, 0.3) is 0 Å². The molecule has 0 aromatic carbocycles. The number of nitrogens with one attached hydrogen (secondary N) is 1. The molecule has 0 unspecified atom stereocenters. The van der Waals surface area contributed by atoms with Crippen molar-refractivity contribution in [3.63, 3.8) is 0 Å². The molecule has 0 aliphatic carbocycles. The summed E-state index contributed by atoms with van der Waals surface area (Å²) >= 11 is 0. The SMILES string of the molecule is C1=NCCN2CCN=CC=NCCN(CCN=C1)CCNCC=NCC2. The topological polar surface area (TPSA) is 80.3 Å². The number of hydrogen-bond acceptors (Lipinski definition) is 8. The molecular weight excluding hydrogens is 328 g/mol.